The van der Waals surface area contributed by atoms with Crippen molar-refractivity contribution in [3.05, 3.63) is 53.9 Å². The van der Waals surface area contributed by atoms with Crippen LogP contribution < -0.4 is 5.32 Å². The van der Waals surface area contributed by atoms with E-state index in [1.54, 1.807) is 24.5 Å². The second-order valence-corrected chi connectivity index (χ2v) is 5.90. The zero-order valence-electron chi connectivity index (χ0n) is 12.4. The molecule has 1 amide bonds. The van der Waals surface area contributed by atoms with Gasteiger partial charge in [-0.15, -0.1) is 11.3 Å². The molecule has 0 unspecified atom stereocenters. The molecule has 0 saturated carbocycles. The molecule has 9 heteroatoms. The molecule has 4 rings (SSSR count). The number of carbonyl (C=O) groups is 1. The quantitative estimate of drug-likeness (QED) is 0.594. The Morgan fingerprint density at radius 3 is 3.00 bits per heavy atom. The van der Waals surface area contributed by atoms with Crippen LogP contribution >= 0.6 is 11.3 Å². The SMILES string of the molecule is O=C(Cc1cn2ccsc2n1)NCc1nc(-c2ccncc2)no1. The van der Waals surface area contributed by atoms with E-state index in [2.05, 4.69) is 25.4 Å². The lowest BCUT2D eigenvalue weighted by atomic mass is 10.2. The molecule has 0 saturated heterocycles. The number of thiazole rings is 1. The van der Waals surface area contributed by atoms with Gasteiger partial charge in [0.15, 0.2) is 4.96 Å². The standard InChI is InChI=1S/C15H12N6O2S/c22-12(7-11-9-21-5-6-24-15(21)18-11)17-8-13-19-14(20-23-13)10-1-3-16-4-2-10/h1-6,9H,7-8H2,(H,17,22). The van der Waals surface area contributed by atoms with Gasteiger partial charge in [-0.1, -0.05) is 5.16 Å². The number of nitrogens with one attached hydrogen (secondary N) is 1. The van der Waals surface area contributed by atoms with Crippen LogP contribution in [0.25, 0.3) is 16.3 Å². The largest absolute Gasteiger partial charge is 0.347 e. The fourth-order valence-corrected chi connectivity index (χ4v) is 2.93. The van der Waals surface area contributed by atoms with Crippen LogP contribution in [0.5, 0.6) is 0 Å². The van der Waals surface area contributed by atoms with Crippen molar-refractivity contribution in [3.8, 4) is 11.4 Å². The van der Waals surface area contributed by atoms with Crippen molar-refractivity contribution >= 4 is 22.2 Å². The fourth-order valence-electron chi connectivity index (χ4n) is 2.21. The molecule has 4 aromatic rings. The molecule has 0 atom stereocenters. The summed E-state index contributed by atoms with van der Waals surface area (Å²) < 4.78 is 7.04. The molecular weight excluding hydrogens is 328 g/mol. The summed E-state index contributed by atoms with van der Waals surface area (Å²) in [6, 6.07) is 3.58. The number of aromatic nitrogens is 5. The summed E-state index contributed by atoms with van der Waals surface area (Å²) in [4.78, 5) is 25.4. The summed E-state index contributed by atoms with van der Waals surface area (Å²) in [7, 11) is 0. The smallest absolute Gasteiger partial charge is 0.246 e. The van der Waals surface area contributed by atoms with Crippen molar-refractivity contribution < 1.29 is 9.32 Å². The summed E-state index contributed by atoms with van der Waals surface area (Å²) >= 11 is 1.53. The summed E-state index contributed by atoms with van der Waals surface area (Å²) in [5.74, 6) is 0.668. The van der Waals surface area contributed by atoms with Crippen LogP contribution in [0.15, 0.2) is 46.8 Å². The van der Waals surface area contributed by atoms with Gasteiger partial charge >= 0.3 is 0 Å². The average molecular weight is 340 g/mol. The Balaban J connectivity index is 1.35. The number of hydrogen-bond donors (Lipinski definition) is 1. The zero-order chi connectivity index (χ0) is 16.4. The lowest BCUT2D eigenvalue weighted by molar-refractivity contribution is -0.120. The number of fused-ring (bicyclic) bond motifs is 1. The predicted molar refractivity (Wildman–Crippen MR) is 86.1 cm³/mol. The molecule has 4 heterocycles. The van der Waals surface area contributed by atoms with E-state index < -0.39 is 0 Å². The molecule has 1 N–H and O–H groups in total. The first-order chi connectivity index (χ1) is 11.8. The zero-order valence-corrected chi connectivity index (χ0v) is 13.2. The number of amides is 1. The molecule has 0 aliphatic carbocycles. The minimum atomic E-state index is -0.149. The Morgan fingerprint density at radius 1 is 1.29 bits per heavy atom. The minimum absolute atomic E-state index is 0.149. The van der Waals surface area contributed by atoms with Gasteiger partial charge in [-0.25, -0.2) is 4.98 Å². The van der Waals surface area contributed by atoms with Gasteiger partial charge in [0.2, 0.25) is 17.6 Å². The average Bonchev–Trinajstić information content (AvgIpc) is 3.29. The Bertz CT molecular complexity index is 946. The summed E-state index contributed by atoms with van der Waals surface area (Å²) in [5, 5.41) is 8.59. The highest BCUT2D eigenvalue weighted by atomic mass is 32.1. The van der Waals surface area contributed by atoms with Gasteiger partial charge in [0.05, 0.1) is 18.7 Å². The van der Waals surface area contributed by atoms with E-state index in [1.807, 2.05) is 22.2 Å². The third kappa shape index (κ3) is 3.01. The van der Waals surface area contributed by atoms with Crippen LogP contribution in [-0.2, 0) is 17.8 Å². The summed E-state index contributed by atoms with van der Waals surface area (Å²) in [6.07, 6.45) is 7.28. The van der Waals surface area contributed by atoms with Crippen LogP contribution in [-0.4, -0.2) is 30.4 Å². The molecule has 0 fully saturated rings. The first-order valence-electron chi connectivity index (χ1n) is 7.19. The number of rotatable bonds is 5. The maximum absolute atomic E-state index is 12.0. The van der Waals surface area contributed by atoms with Crippen LogP contribution in [0.4, 0.5) is 0 Å². The third-order valence-corrected chi connectivity index (χ3v) is 4.10. The van der Waals surface area contributed by atoms with E-state index in [-0.39, 0.29) is 18.9 Å². The molecule has 0 aliphatic rings. The third-order valence-electron chi connectivity index (χ3n) is 3.33. The second-order valence-electron chi connectivity index (χ2n) is 5.03. The van der Waals surface area contributed by atoms with Crippen molar-refractivity contribution in [2.75, 3.05) is 0 Å². The van der Waals surface area contributed by atoms with Crippen LogP contribution in [0, 0.1) is 0 Å². The molecule has 0 bridgehead atoms. The molecule has 24 heavy (non-hydrogen) atoms. The molecule has 0 spiro atoms. The molecule has 0 aromatic carbocycles. The number of pyridine rings is 1. The van der Waals surface area contributed by atoms with E-state index in [0.717, 1.165) is 16.2 Å². The van der Waals surface area contributed by atoms with E-state index in [9.17, 15) is 4.79 Å². The summed E-state index contributed by atoms with van der Waals surface area (Å²) in [5.41, 5.74) is 1.53. The first kappa shape index (κ1) is 14.5. The first-order valence-corrected chi connectivity index (χ1v) is 8.06. The Kier molecular flexibility index (Phi) is 3.75. The van der Waals surface area contributed by atoms with Gasteiger partial charge in [0.25, 0.3) is 0 Å². The van der Waals surface area contributed by atoms with Crippen LogP contribution in [0.3, 0.4) is 0 Å². The number of imidazole rings is 1. The van der Waals surface area contributed by atoms with Crippen molar-refractivity contribution in [2.24, 2.45) is 0 Å². The normalized spacial score (nSPS) is 11.0. The molecular formula is C15H12N6O2S. The molecule has 0 radical (unpaired) electrons. The van der Waals surface area contributed by atoms with Crippen molar-refractivity contribution in [3.63, 3.8) is 0 Å². The fraction of sp³-hybridized carbons (Fsp3) is 0.133. The van der Waals surface area contributed by atoms with Gasteiger partial charge < -0.3 is 9.84 Å². The molecule has 120 valence electrons. The second kappa shape index (κ2) is 6.20. The highest BCUT2D eigenvalue weighted by Crippen LogP contribution is 2.14. The maximum Gasteiger partial charge on any atom is 0.246 e. The van der Waals surface area contributed by atoms with E-state index in [1.165, 1.54) is 11.3 Å². The van der Waals surface area contributed by atoms with E-state index in [0.29, 0.717) is 11.7 Å². The Hall–Kier alpha value is -3.07. The van der Waals surface area contributed by atoms with Gasteiger partial charge in [-0.2, -0.15) is 4.98 Å². The Morgan fingerprint density at radius 2 is 2.17 bits per heavy atom. The van der Waals surface area contributed by atoms with Crippen LogP contribution in [0.1, 0.15) is 11.6 Å². The molecule has 4 aromatic heterocycles. The van der Waals surface area contributed by atoms with Crippen molar-refractivity contribution in [1.82, 2.24) is 29.8 Å². The van der Waals surface area contributed by atoms with Gasteiger partial charge in [-0.05, 0) is 12.1 Å². The van der Waals surface area contributed by atoms with Gasteiger partial charge in [0, 0.05) is 35.7 Å². The highest BCUT2D eigenvalue weighted by molar-refractivity contribution is 7.15. The number of nitrogens with zero attached hydrogens (tertiary/aromatic N) is 5. The lowest BCUT2D eigenvalue weighted by Gasteiger charge is -1.99. The Labute approximate surface area is 140 Å². The molecule has 0 aliphatic heterocycles. The van der Waals surface area contributed by atoms with Crippen LogP contribution in [0.2, 0.25) is 0 Å². The lowest BCUT2D eigenvalue weighted by Crippen LogP contribution is -2.24. The monoisotopic (exact) mass is 340 g/mol. The van der Waals surface area contributed by atoms with Crippen molar-refractivity contribution in [2.45, 2.75) is 13.0 Å². The van der Waals surface area contributed by atoms with E-state index >= 15 is 0 Å². The van der Waals surface area contributed by atoms with E-state index in [4.69, 9.17) is 4.52 Å². The number of carbonyl (C=O) groups excluding carboxylic acids is 1. The molecule has 8 nitrogen and oxygen atoms in total. The summed E-state index contributed by atoms with van der Waals surface area (Å²) in [6.45, 7) is 0.180. The van der Waals surface area contributed by atoms with Gasteiger partial charge in [0.1, 0.15) is 0 Å². The van der Waals surface area contributed by atoms with Crippen molar-refractivity contribution in [1.29, 1.82) is 0 Å². The minimum Gasteiger partial charge on any atom is -0.347 e. The highest BCUT2D eigenvalue weighted by Gasteiger charge is 2.11. The van der Waals surface area contributed by atoms with Gasteiger partial charge in [-0.3, -0.25) is 14.2 Å². The predicted octanol–water partition coefficient (Wildman–Crippen LogP) is 1.70. The topological polar surface area (TPSA) is 98.2 Å². The maximum atomic E-state index is 12.0. The number of hydrogen-bond acceptors (Lipinski definition) is 7.